The van der Waals surface area contributed by atoms with Crippen molar-refractivity contribution in [3.63, 3.8) is 0 Å². The molecule has 0 aromatic heterocycles. The van der Waals surface area contributed by atoms with Gasteiger partial charge in [0.15, 0.2) is 8.32 Å². The summed E-state index contributed by atoms with van der Waals surface area (Å²) in [6.45, 7) is 16.2. The molecular weight excluding hydrogens is 482 g/mol. The van der Waals surface area contributed by atoms with Crippen LogP contribution in [-0.4, -0.2) is 43.2 Å². The third-order valence-corrected chi connectivity index (χ3v) is 11.4. The average Bonchev–Trinajstić information content (AvgIpc) is 2.77. The van der Waals surface area contributed by atoms with Gasteiger partial charge in [-0.05, 0) is 69.3 Å². The highest BCUT2D eigenvalue weighted by Crippen LogP contribution is 2.39. The van der Waals surface area contributed by atoms with Crippen LogP contribution in [0.1, 0.15) is 59.1 Å². The van der Waals surface area contributed by atoms with Crippen LogP contribution in [-0.2, 0) is 26.8 Å². The summed E-state index contributed by atoms with van der Waals surface area (Å²) in [5, 5.41) is 13.1. The maximum absolute atomic E-state index is 12.9. The lowest BCUT2D eigenvalue weighted by Gasteiger charge is -2.42. The van der Waals surface area contributed by atoms with Crippen LogP contribution in [0.3, 0.4) is 0 Å². The maximum atomic E-state index is 12.9. The number of alkyl carbamates (subject to hydrolysis) is 1. The highest BCUT2D eigenvalue weighted by atomic mass is 28.4. The summed E-state index contributed by atoms with van der Waals surface area (Å²) in [4.78, 5) is 25.4. The van der Waals surface area contributed by atoms with Crippen LogP contribution in [0, 0.1) is 5.92 Å². The number of carbonyl (C=O) groups excluding carboxylic acids is 1. The first-order chi connectivity index (χ1) is 17.1. The van der Waals surface area contributed by atoms with Crippen molar-refractivity contribution in [2.75, 3.05) is 0 Å². The van der Waals surface area contributed by atoms with E-state index in [1.807, 2.05) is 81.4 Å². The molecule has 6 nitrogen and oxygen atoms in total. The van der Waals surface area contributed by atoms with Crippen LogP contribution in [0.5, 0.6) is 0 Å². The molecule has 0 aliphatic rings. The Morgan fingerprint density at radius 1 is 0.865 bits per heavy atom. The molecular formula is C30H45NO5Si. The Morgan fingerprint density at radius 2 is 1.35 bits per heavy atom. The fourth-order valence-corrected chi connectivity index (χ4v) is 5.27. The number of rotatable bonds is 11. The molecule has 0 unspecified atom stereocenters. The monoisotopic (exact) mass is 527 g/mol. The lowest BCUT2D eigenvalue weighted by molar-refractivity contribution is -0.142. The van der Waals surface area contributed by atoms with E-state index in [1.165, 1.54) is 0 Å². The molecule has 0 heterocycles. The van der Waals surface area contributed by atoms with E-state index in [2.05, 4.69) is 39.2 Å². The van der Waals surface area contributed by atoms with Gasteiger partial charge in [-0.25, -0.2) is 4.79 Å². The molecule has 0 aliphatic carbocycles. The second kappa shape index (κ2) is 12.7. The van der Waals surface area contributed by atoms with Gasteiger partial charge in [-0.2, -0.15) is 0 Å². The molecule has 37 heavy (non-hydrogen) atoms. The predicted octanol–water partition coefficient (Wildman–Crippen LogP) is 6.85. The Hall–Kier alpha value is -2.64. The van der Waals surface area contributed by atoms with E-state index in [4.69, 9.17) is 9.16 Å². The molecule has 0 aliphatic heterocycles. The zero-order chi connectivity index (χ0) is 27.9. The van der Waals surface area contributed by atoms with Gasteiger partial charge < -0.3 is 19.6 Å². The fourth-order valence-electron chi connectivity index (χ4n) is 3.90. The summed E-state index contributed by atoms with van der Waals surface area (Å²) in [6, 6.07) is 19.0. The lowest BCUT2D eigenvalue weighted by Crippen LogP contribution is -2.54. The predicted molar refractivity (Wildman–Crippen MR) is 151 cm³/mol. The van der Waals surface area contributed by atoms with Gasteiger partial charge in [-0.15, -0.1) is 0 Å². The number of aliphatic carboxylic acids is 1. The number of amides is 1. The Balaban J connectivity index is 2.46. The average molecular weight is 528 g/mol. The first-order valence-corrected chi connectivity index (χ1v) is 16.0. The SMILES string of the molecule is CC(C)(C)OC(=O)N[C@@H](Cc1ccccc1)[C@@H](C[C@H](Cc1ccccc1)C(=O)O)O[Si](C)(C)C(C)(C)C. The Labute approximate surface area is 223 Å². The smallest absolute Gasteiger partial charge is 0.407 e. The van der Waals surface area contributed by atoms with E-state index in [0.29, 0.717) is 12.8 Å². The van der Waals surface area contributed by atoms with Gasteiger partial charge in [0.2, 0.25) is 0 Å². The van der Waals surface area contributed by atoms with E-state index in [0.717, 1.165) is 11.1 Å². The fraction of sp³-hybridized carbons (Fsp3) is 0.533. The van der Waals surface area contributed by atoms with Gasteiger partial charge in [0.05, 0.1) is 18.1 Å². The van der Waals surface area contributed by atoms with Gasteiger partial charge >= 0.3 is 12.1 Å². The normalized spacial score (nSPS) is 14.9. The third kappa shape index (κ3) is 10.3. The molecule has 0 bridgehead atoms. The minimum Gasteiger partial charge on any atom is -0.481 e. The largest absolute Gasteiger partial charge is 0.481 e. The highest BCUT2D eigenvalue weighted by molar-refractivity contribution is 6.74. The second-order valence-corrected chi connectivity index (χ2v) is 17.1. The van der Waals surface area contributed by atoms with Crippen molar-refractivity contribution in [1.82, 2.24) is 5.32 Å². The van der Waals surface area contributed by atoms with Crippen LogP contribution in [0.25, 0.3) is 0 Å². The number of hydrogen-bond acceptors (Lipinski definition) is 4. The molecule has 0 saturated heterocycles. The van der Waals surface area contributed by atoms with E-state index in [-0.39, 0.29) is 11.5 Å². The molecule has 2 aromatic carbocycles. The van der Waals surface area contributed by atoms with E-state index >= 15 is 0 Å². The van der Waals surface area contributed by atoms with Crippen LogP contribution < -0.4 is 5.32 Å². The minimum atomic E-state index is -2.32. The Kier molecular flexibility index (Phi) is 10.5. The van der Waals surface area contributed by atoms with Gasteiger partial charge in [-0.1, -0.05) is 81.4 Å². The van der Waals surface area contributed by atoms with Crippen molar-refractivity contribution >= 4 is 20.4 Å². The second-order valence-electron chi connectivity index (χ2n) is 12.3. The highest BCUT2D eigenvalue weighted by Gasteiger charge is 2.42. The summed E-state index contributed by atoms with van der Waals surface area (Å²) >= 11 is 0. The van der Waals surface area contributed by atoms with Gasteiger partial charge in [0, 0.05) is 0 Å². The van der Waals surface area contributed by atoms with Gasteiger partial charge in [-0.3, -0.25) is 4.79 Å². The quantitative estimate of drug-likeness (QED) is 0.312. The standard InChI is InChI=1S/C30H45NO5Si/c1-29(2,3)35-28(34)31-25(20-23-17-13-10-14-18-23)26(36-37(7,8)30(4,5)6)21-24(27(32)33)19-22-15-11-9-12-16-22/h9-18,24-26H,19-21H2,1-8H3,(H,31,34)(H,32,33)/t24-,25-,26+/m0/s1. The van der Waals surface area contributed by atoms with E-state index in [1.54, 1.807) is 0 Å². The molecule has 1 amide bonds. The Morgan fingerprint density at radius 3 is 1.78 bits per heavy atom. The molecule has 0 fully saturated rings. The van der Waals surface area contributed by atoms with Crippen LogP contribution in [0.4, 0.5) is 4.79 Å². The summed E-state index contributed by atoms with van der Waals surface area (Å²) < 4.78 is 12.5. The number of carboxylic acids is 1. The number of nitrogens with one attached hydrogen (secondary N) is 1. The van der Waals surface area contributed by atoms with Gasteiger partial charge in [0.25, 0.3) is 0 Å². The van der Waals surface area contributed by atoms with E-state index < -0.39 is 44.0 Å². The molecule has 2 N–H and O–H groups in total. The minimum absolute atomic E-state index is 0.0907. The molecule has 3 atom stereocenters. The number of ether oxygens (including phenoxy) is 1. The van der Waals surface area contributed by atoms with Crippen molar-refractivity contribution in [2.45, 2.75) is 96.7 Å². The van der Waals surface area contributed by atoms with Crippen molar-refractivity contribution in [2.24, 2.45) is 5.92 Å². The van der Waals surface area contributed by atoms with Crippen molar-refractivity contribution in [3.05, 3.63) is 71.8 Å². The molecule has 0 radical (unpaired) electrons. The zero-order valence-electron chi connectivity index (χ0n) is 23.7. The molecule has 2 rings (SSSR count). The number of carboxylic acid groups (broad SMARTS) is 1. The van der Waals surface area contributed by atoms with E-state index in [9.17, 15) is 14.7 Å². The molecule has 2 aromatic rings. The summed E-state index contributed by atoms with van der Waals surface area (Å²) in [5.74, 6) is -1.54. The maximum Gasteiger partial charge on any atom is 0.407 e. The molecule has 7 heteroatoms. The van der Waals surface area contributed by atoms with Crippen molar-refractivity contribution < 1.29 is 23.9 Å². The molecule has 204 valence electrons. The zero-order valence-corrected chi connectivity index (χ0v) is 24.7. The number of benzene rings is 2. The Bertz CT molecular complexity index is 996. The summed E-state index contributed by atoms with van der Waals surface area (Å²) in [5.41, 5.74) is 1.33. The summed E-state index contributed by atoms with van der Waals surface area (Å²) in [7, 11) is -2.32. The van der Waals surface area contributed by atoms with Gasteiger partial charge in [0.1, 0.15) is 5.60 Å². The molecule has 0 saturated carbocycles. The molecule has 0 spiro atoms. The van der Waals surface area contributed by atoms with Crippen LogP contribution in [0.15, 0.2) is 60.7 Å². The first kappa shape index (κ1) is 30.6. The third-order valence-electron chi connectivity index (χ3n) is 6.89. The van der Waals surface area contributed by atoms with Crippen LogP contribution >= 0.6 is 0 Å². The van der Waals surface area contributed by atoms with Crippen molar-refractivity contribution in [3.8, 4) is 0 Å². The number of carbonyl (C=O) groups is 2. The van der Waals surface area contributed by atoms with Crippen molar-refractivity contribution in [1.29, 1.82) is 0 Å². The summed E-state index contributed by atoms with van der Waals surface area (Å²) in [6.07, 6.45) is 0.102. The lowest BCUT2D eigenvalue weighted by atomic mass is 9.89. The topological polar surface area (TPSA) is 84.9 Å². The first-order valence-electron chi connectivity index (χ1n) is 13.1. The number of hydrogen-bond donors (Lipinski definition) is 2. The van der Waals surface area contributed by atoms with Crippen LogP contribution in [0.2, 0.25) is 18.1 Å².